The van der Waals surface area contributed by atoms with Crippen LogP contribution in [-0.4, -0.2) is 60.3 Å². The summed E-state index contributed by atoms with van der Waals surface area (Å²) in [5.74, 6) is 1.89. The zero-order chi connectivity index (χ0) is 19.9. The van der Waals surface area contributed by atoms with Gasteiger partial charge < -0.3 is 14.5 Å². The Morgan fingerprint density at radius 2 is 1.72 bits per heavy atom. The average Bonchev–Trinajstić information content (AvgIpc) is 3.44. The number of hydrogen-bond donors (Lipinski definition) is 0. The number of carbonyl (C=O) groups excluding carboxylic acids is 1. The van der Waals surface area contributed by atoms with Gasteiger partial charge in [0.15, 0.2) is 0 Å². The van der Waals surface area contributed by atoms with E-state index in [1.54, 1.807) is 11.8 Å². The van der Waals surface area contributed by atoms with Crippen LogP contribution in [-0.2, 0) is 0 Å². The predicted molar refractivity (Wildman–Crippen MR) is 119 cm³/mol. The number of nitrogens with zero attached hydrogens (tertiary/aromatic N) is 2. The zero-order valence-corrected chi connectivity index (χ0v) is 17.8. The molecule has 5 heteroatoms. The third-order valence-corrected chi connectivity index (χ3v) is 6.75. The molecule has 0 N–H and O–H groups in total. The lowest BCUT2D eigenvalue weighted by Crippen LogP contribution is -2.42. The molecule has 0 spiro atoms. The van der Waals surface area contributed by atoms with Crippen LogP contribution in [0.4, 0.5) is 0 Å². The molecule has 2 aliphatic heterocycles. The first-order valence-corrected chi connectivity index (χ1v) is 11.7. The first-order chi connectivity index (χ1) is 14.3. The molecule has 1 atom stereocenters. The summed E-state index contributed by atoms with van der Waals surface area (Å²) >= 11 is 1.79. The number of likely N-dealkylation sites (tertiary alicyclic amines) is 2. The molecule has 29 heavy (non-hydrogen) atoms. The topological polar surface area (TPSA) is 32.8 Å². The van der Waals surface area contributed by atoms with Crippen LogP contribution in [0.1, 0.15) is 36.0 Å². The summed E-state index contributed by atoms with van der Waals surface area (Å²) in [5, 5.41) is 0. The number of benzene rings is 2. The van der Waals surface area contributed by atoms with Crippen LogP contribution >= 0.6 is 11.8 Å². The van der Waals surface area contributed by atoms with Gasteiger partial charge >= 0.3 is 0 Å². The highest BCUT2D eigenvalue weighted by Gasteiger charge is 2.31. The van der Waals surface area contributed by atoms with Gasteiger partial charge in [0, 0.05) is 35.3 Å². The molecule has 0 bridgehead atoms. The highest BCUT2D eigenvalue weighted by Crippen LogP contribution is 2.24. The minimum atomic E-state index is 0.165. The number of carbonyl (C=O) groups is 1. The van der Waals surface area contributed by atoms with Crippen molar-refractivity contribution in [3.63, 3.8) is 0 Å². The Kier molecular flexibility index (Phi) is 7.12. The number of thioether (sulfide) groups is 1. The zero-order valence-electron chi connectivity index (χ0n) is 17.0. The number of rotatable bonds is 8. The van der Waals surface area contributed by atoms with Gasteiger partial charge in [-0.1, -0.05) is 18.2 Å². The second-order valence-corrected chi connectivity index (χ2v) is 9.00. The Morgan fingerprint density at radius 1 is 0.966 bits per heavy atom. The van der Waals surface area contributed by atoms with Crippen LogP contribution < -0.4 is 4.74 Å². The minimum absolute atomic E-state index is 0.165. The van der Waals surface area contributed by atoms with Gasteiger partial charge in [-0.15, -0.1) is 11.8 Å². The molecule has 0 saturated carbocycles. The van der Waals surface area contributed by atoms with Gasteiger partial charge in [-0.3, -0.25) is 4.79 Å². The summed E-state index contributed by atoms with van der Waals surface area (Å²) in [6.07, 6.45) is 4.84. The van der Waals surface area contributed by atoms with Crippen LogP contribution in [0.15, 0.2) is 59.5 Å². The Morgan fingerprint density at radius 3 is 2.48 bits per heavy atom. The van der Waals surface area contributed by atoms with Crippen molar-refractivity contribution in [3.8, 4) is 5.75 Å². The van der Waals surface area contributed by atoms with E-state index in [4.69, 9.17) is 4.74 Å². The van der Waals surface area contributed by atoms with Crippen LogP contribution in [0, 0.1) is 0 Å². The summed E-state index contributed by atoms with van der Waals surface area (Å²) in [4.78, 5) is 18.9. The molecule has 154 valence electrons. The monoisotopic (exact) mass is 410 g/mol. The summed E-state index contributed by atoms with van der Waals surface area (Å²) in [6, 6.07) is 18.4. The lowest BCUT2D eigenvalue weighted by atomic mass is 10.1. The molecule has 2 saturated heterocycles. The quantitative estimate of drug-likeness (QED) is 0.472. The smallest absolute Gasteiger partial charge is 0.254 e. The van der Waals surface area contributed by atoms with E-state index in [1.165, 1.54) is 30.8 Å². The van der Waals surface area contributed by atoms with E-state index in [-0.39, 0.29) is 5.91 Å². The highest BCUT2D eigenvalue weighted by atomic mass is 32.2. The van der Waals surface area contributed by atoms with Crippen LogP contribution in [0.25, 0.3) is 0 Å². The molecule has 2 fully saturated rings. The molecule has 2 aromatic rings. The molecule has 1 amide bonds. The van der Waals surface area contributed by atoms with Crippen LogP contribution in [0.3, 0.4) is 0 Å². The van der Waals surface area contributed by atoms with Gasteiger partial charge in [-0.2, -0.15) is 0 Å². The van der Waals surface area contributed by atoms with Crippen molar-refractivity contribution in [2.75, 3.05) is 38.5 Å². The minimum Gasteiger partial charge on any atom is -0.493 e. The fourth-order valence-corrected chi connectivity index (χ4v) is 5.00. The van der Waals surface area contributed by atoms with Crippen LogP contribution in [0.5, 0.6) is 5.75 Å². The Hall–Kier alpha value is -1.98. The molecule has 0 radical (unpaired) electrons. The number of ether oxygens (including phenoxy) is 1. The summed E-state index contributed by atoms with van der Waals surface area (Å²) in [7, 11) is 0. The Bertz CT molecular complexity index is 775. The van der Waals surface area contributed by atoms with E-state index in [0.29, 0.717) is 12.6 Å². The molecule has 2 heterocycles. The Labute approximate surface area is 178 Å². The molecule has 0 aromatic heterocycles. The van der Waals surface area contributed by atoms with Gasteiger partial charge in [0.25, 0.3) is 5.91 Å². The van der Waals surface area contributed by atoms with Crippen molar-refractivity contribution in [2.45, 2.75) is 36.6 Å². The Balaban J connectivity index is 1.26. The molecule has 2 aromatic carbocycles. The molecule has 1 unspecified atom stereocenters. The molecular formula is C24H30N2O2S. The van der Waals surface area contributed by atoms with E-state index >= 15 is 0 Å². The first-order valence-electron chi connectivity index (χ1n) is 10.7. The normalized spacial score (nSPS) is 19.6. The molecular weight excluding hydrogens is 380 g/mol. The van der Waals surface area contributed by atoms with Gasteiger partial charge in [0.05, 0.1) is 6.61 Å². The summed E-state index contributed by atoms with van der Waals surface area (Å²) in [5.41, 5.74) is 0.768. The third kappa shape index (κ3) is 5.55. The van der Waals surface area contributed by atoms with E-state index < -0.39 is 0 Å². The highest BCUT2D eigenvalue weighted by molar-refractivity contribution is 7.99. The van der Waals surface area contributed by atoms with Crippen molar-refractivity contribution in [1.82, 2.24) is 9.80 Å². The molecule has 0 aliphatic carbocycles. The molecule has 4 rings (SSSR count). The standard InChI is InChI=1S/C24H30N2O2S/c27-24(26-16-6-7-21(26)19-25-14-4-5-15-25)20-10-12-22(13-11-20)28-17-18-29-23-8-2-1-3-9-23/h1-3,8-13,21H,4-7,14-19H2. The fraction of sp³-hybridized carbons (Fsp3) is 0.458. The maximum atomic E-state index is 13.0. The van der Waals surface area contributed by atoms with Gasteiger partial charge in [0.2, 0.25) is 0 Å². The van der Waals surface area contributed by atoms with Crippen molar-refractivity contribution in [3.05, 3.63) is 60.2 Å². The van der Waals surface area contributed by atoms with Gasteiger partial charge in [0.1, 0.15) is 5.75 Å². The maximum Gasteiger partial charge on any atom is 0.254 e. The number of amides is 1. The second-order valence-electron chi connectivity index (χ2n) is 7.84. The van der Waals surface area contributed by atoms with E-state index in [9.17, 15) is 4.79 Å². The largest absolute Gasteiger partial charge is 0.493 e. The SMILES string of the molecule is O=C(c1ccc(OCCSc2ccccc2)cc1)N1CCCC1CN1CCCC1. The van der Waals surface area contributed by atoms with Gasteiger partial charge in [-0.05, 0) is 75.2 Å². The second kappa shape index (κ2) is 10.2. The molecule has 4 nitrogen and oxygen atoms in total. The van der Waals surface area contributed by atoms with E-state index in [0.717, 1.165) is 43.0 Å². The third-order valence-electron chi connectivity index (χ3n) is 5.77. The van der Waals surface area contributed by atoms with Gasteiger partial charge in [-0.25, -0.2) is 0 Å². The average molecular weight is 411 g/mol. The summed E-state index contributed by atoms with van der Waals surface area (Å²) in [6.45, 7) is 4.94. The van der Waals surface area contributed by atoms with Crippen molar-refractivity contribution >= 4 is 17.7 Å². The lowest BCUT2D eigenvalue weighted by Gasteiger charge is -2.28. The van der Waals surface area contributed by atoms with Crippen molar-refractivity contribution in [2.24, 2.45) is 0 Å². The number of hydrogen-bond acceptors (Lipinski definition) is 4. The predicted octanol–water partition coefficient (Wildman–Crippen LogP) is 4.56. The first kappa shape index (κ1) is 20.3. The fourth-order valence-electron chi connectivity index (χ4n) is 4.25. The maximum absolute atomic E-state index is 13.0. The van der Waals surface area contributed by atoms with Crippen molar-refractivity contribution in [1.29, 1.82) is 0 Å². The van der Waals surface area contributed by atoms with E-state index in [2.05, 4.69) is 34.1 Å². The summed E-state index contributed by atoms with van der Waals surface area (Å²) < 4.78 is 5.85. The lowest BCUT2D eigenvalue weighted by molar-refractivity contribution is 0.0708. The van der Waals surface area contributed by atoms with Crippen LogP contribution in [0.2, 0.25) is 0 Å². The molecule has 2 aliphatic rings. The van der Waals surface area contributed by atoms with E-state index in [1.807, 2.05) is 30.3 Å². The van der Waals surface area contributed by atoms with Crippen molar-refractivity contribution < 1.29 is 9.53 Å².